The fourth-order valence-corrected chi connectivity index (χ4v) is 2.64. The molecule has 20 heavy (non-hydrogen) atoms. The largest absolute Gasteiger partial charge is 0.376 e. The van der Waals surface area contributed by atoms with E-state index in [1.165, 1.54) is 12.8 Å². The van der Waals surface area contributed by atoms with Crippen molar-refractivity contribution in [2.75, 3.05) is 18.5 Å². The summed E-state index contributed by atoms with van der Waals surface area (Å²) in [5.41, 5.74) is 0.503. The number of nitrogens with zero attached hydrogens (tertiary/aromatic N) is 3. The number of nitrogens with one attached hydrogen (secondary N) is 1. The second kappa shape index (κ2) is 6.69. The molecule has 1 fully saturated rings. The van der Waals surface area contributed by atoms with Gasteiger partial charge in [0.05, 0.1) is 17.6 Å². The molecule has 0 aromatic carbocycles. The molecule has 0 spiro atoms. The Morgan fingerprint density at radius 3 is 2.80 bits per heavy atom. The predicted octanol–water partition coefficient (Wildman–Crippen LogP) is 2.49. The van der Waals surface area contributed by atoms with Crippen molar-refractivity contribution < 1.29 is 9.66 Å². The minimum absolute atomic E-state index is 0.0627. The average molecular weight is 282 g/mol. The van der Waals surface area contributed by atoms with Gasteiger partial charge in [0.2, 0.25) is 5.82 Å². The number of aromatic nitrogens is 2. The van der Waals surface area contributed by atoms with E-state index < -0.39 is 0 Å². The maximum Gasteiger partial charge on any atom is 0.333 e. The van der Waals surface area contributed by atoms with E-state index in [0.29, 0.717) is 37.3 Å². The SMILES string of the molecule is CCn1nc(C)c([N+](=O)[O-])c1NCCOC1CCCC1. The topological polar surface area (TPSA) is 82.2 Å². The molecule has 7 heteroatoms. The maximum atomic E-state index is 11.1. The van der Waals surface area contributed by atoms with Gasteiger partial charge < -0.3 is 10.1 Å². The molecule has 0 aliphatic heterocycles. The number of hydrogen-bond donors (Lipinski definition) is 1. The quantitative estimate of drug-likeness (QED) is 0.472. The highest BCUT2D eigenvalue weighted by Crippen LogP contribution is 2.28. The van der Waals surface area contributed by atoms with E-state index >= 15 is 0 Å². The van der Waals surface area contributed by atoms with Gasteiger partial charge in [-0.3, -0.25) is 10.1 Å². The van der Waals surface area contributed by atoms with Crippen molar-refractivity contribution in [3.63, 3.8) is 0 Å². The summed E-state index contributed by atoms with van der Waals surface area (Å²) in [4.78, 5) is 10.7. The van der Waals surface area contributed by atoms with Crippen molar-refractivity contribution in [2.24, 2.45) is 0 Å². The van der Waals surface area contributed by atoms with Crippen LogP contribution in [0.5, 0.6) is 0 Å². The van der Waals surface area contributed by atoms with E-state index in [0.717, 1.165) is 12.8 Å². The number of hydrogen-bond acceptors (Lipinski definition) is 5. The van der Waals surface area contributed by atoms with Crippen molar-refractivity contribution in [3.05, 3.63) is 15.8 Å². The van der Waals surface area contributed by atoms with Crippen molar-refractivity contribution in [2.45, 2.75) is 52.2 Å². The van der Waals surface area contributed by atoms with Crippen LogP contribution in [0, 0.1) is 17.0 Å². The van der Waals surface area contributed by atoms with Gasteiger partial charge in [-0.2, -0.15) is 5.10 Å². The van der Waals surface area contributed by atoms with Crippen LogP contribution in [-0.2, 0) is 11.3 Å². The molecule has 0 bridgehead atoms. The molecule has 0 amide bonds. The zero-order chi connectivity index (χ0) is 14.5. The number of ether oxygens (including phenoxy) is 1. The van der Waals surface area contributed by atoms with Crippen LogP contribution >= 0.6 is 0 Å². The fourth-order valence-electron chi connectivity index (χ4n) is 2.64. The van der Waals surface area contributed by atoms with Gasteiger partial charge in [-0.05, 0) is 26.7 Å². The smallest absolute Gasteiger partial charge is 0.333 e. The summed E-state index contributed by atoms with van der Waals surface area (Å²) < 4.78 is 7.37. The van der Waals surface area contributed by atoms with Gasteiger partial charge in [-0.1, -0.05) is 12.8 Å². The molecule has 0 radical (unpaired) electrons. The summed E-state index contributed by atoms with van der Waals surface area (Å²) in [7, 11) is 0. The van der Waals surface area contributed by atoms with Crippen LogP contribution in [0.15, 0.2) is 0 Å². The Kier molecular flexibility index (Phi) is 4.94. The van der Waals surface area contributed by atoms with Crippen LogP contribution in [-0.4, -0.2) is 34.0 Å². The first-order valence-corrected chi connectivity index (χ1v) is 7.20. The third-order valence-corrected chi connectivity index (χ3v) is 3.63. The average Bonchev–Trinajstić information content (AvgIpc) is 3.01. The molecule has 1 aliphatic rings. The standard InChI is InChI=1S/C13H22N4O3/c1-3-16-13(12(17(18)19)10(2)15-16)14-8-9-20-11-6-4-5-7-11/h11,14H,3-9H2,1-2H3. The lowest BCUT2D eigenvalue weighted by atomic mass is 10.3. The molecule has 0 atom stereocenters. The molecule has 1 aromatic heterocycles. The number of anilines is 1. The number of nitro groups is 1. The summed E-state index contributed by atoms with van der Waals surface area (Å²) in [6, 6.07) is 0. The van der Waals surface area contributed by atoms with Gasteiger partial charge in [-0.15, -0.1) is 0 Å². The molecular weight excluding hydrogens is 260 g/mol. The van der Waals surface area contributed by atoms with Gasteiger partial charge >= 0.3 is 5.69 Å². The van der Waals surface area contributed by atoms with Gasteiger partial charge in [0, 0.05) is 13.1 Å². The zero-order valence-electron chi connectivity index (χ0n) is 12.1. The normalized spacial score (nSPS) is 15.7. The van der Waals surface area contributed by atoms with Crippen LogP contribution in [0.3, 0.4) is 0 Å². The maximum absolute atomic E-state index is 11.1. The highest BCUT2D eigenvalue weighted by Gasteiger charge is 2.24. The molecule has 1 N–H and O–H groups in total. The third-order valence-electron chi connectivity index (χ3n) is 3.63. The molecule has 1 aliphatic carbocycles. The van der Waals surface area contributed by atoms with Crippen molar-refractivity contribution >= 4 is 11.5 Å². The van der Waals surface area contributed by atoms with E-state index in [-0.39, 0.29) is 10.6 Å². The molecule has 1 aromatic rings. The predicted molar refractivity (Wildman–Crippen MR) is 76.0 cm³/mol. The summed E-state index contributed by atoms with van der Waals surface area (Å²) in [6.45, 7) is 5.29. The van der Waals surface area contributed by atoms with E-state index in [2.05, 4.69) is 10.4 Å². The lowest BCUT2D eigenvalue weighted by molar-refractivity contribution is -0.384. The lowest BCUT2D eigenvalue weighted by Gasteiger charge is -2.12. The fraction of sp³-hybridized carbons (Fsp3) is 0.769. The summed E-state index contributed by atoms with van der Waals surface area (Å²) in [6.07, 6.45) is 5.11. The molecular formula is C13H22N4O3. The van der Waals surface area contributed by atoms with Crippen molar-refractivity contribution in [3.8, 4) is 0 Å². The highest BCUT2D eigenvalue weighted by molar-refractivity contribution is 5.59. The Bertz CT molecular complexity index is 466. The first-order valence-electron chi connectivity index (χ1n) is 7.20. The molecule has 1 heterocycles. The Balaban J connectivity index is 1.92. The lowest BCUT2D eigenvalue weighted by Crippen LogP contribution is -2.17. The molecule has 2 rings (SSSR count). The van der Waals surface area contributed by atoms with Crippen LogP contribution in [0.4, 0.5) is 11.5 Å². The molecule has 0 unspecified atom stereocenters. The molecule has 112 valence electrons. The third kappa shape index (κ3) is 3.27. The Hall–Kier alpha value is -1.63. The monoisotopic (exact) mass is 282 g/mol. The molecule has 1 saturated carbocycles. The number of rotatable bonds is 7. The highest BCUT2D eigenvalue weighted by atomic mass is 16.6. The van der Waals surface area contributed by atoms with E-state index in [1.54, 1.807) is 11.6 Å². The van der Waals surface area contributed by atoms with E-state index in [1.807, 2.05) is 6.92 Å². The first-order chi connectivity index (χ1) is 9.63. The van der Waals surface area contributed by atoms with Crippen LogP contribution in [0.1, 0.15) is 38.3 Å². The summed E-state index contributed by atoms with van der Waals surface area (Å²) in [5, 5.41) is 18.4. The minimum Gasteiger partial charge on any atom is -0.376 e. The van der Waals surface area contributed by atoms with Crippen LogP contribution < -0.4 is 5.32 Å². The Labute approximate surface area is 118 Å². The van der Waals surface area contributed by atoms with E-state index in [4.69, 9.17) is 4.74 Å². The van der Waals surface area contributed by atoms with Gasteiger partial charge in [-0.25, -0.2) is 4.68 Å². The first kappa shape index (κ1) is 14.8. The summed E-state index contributed by atoms with van der Waals surface area (Å²) >= 11 is 0. The van der Waals surface area contributed by atoms with Crippen LogP contribution in [0.2, 0.25) is 0 Å². The van der Waals surface area contributed by atoms with Crippen molar-refractivity contribution in [1.82, 2.24) is 9.78 Å². The van der Waals surface area contributed by atoms with E-state index in [9.17, 15) is 10.1 Å². The van der Waals surface area contributed by atoms with Gasteiger partial charge in [0.1, 0.15) is 5.69 Å². The Morgan fingerprint density at radius 2 is 2.20 bits per heavy atom. The molecule has 0 saturated heterocycles. The van der Waals surface area contributed by atoms with Gasteiger partial charge in [0.25, 0.3) is 0 Å². The second-order valence-corrected chi connectivity index (χ2v) is 5.06. The summed E-state index contributed by atoms with van der Waals surface area (Å²) in [5.74, 6) is 0.477. The minimum atomic E-state index is -0.380. The van der Waals surface area contributed by atoms with Crippen LogP contribution in [0.25, 0.3) is 0 Å². The zero-order valence-corrected chi connectivity index (χ0v) is 12.1. The van der Waals surface area contributed by atoms with Gasteiger partial charge in [0.15, 0.2) is 0 Å². The Morgan fingerprint density at radius 1 is 1.50 bits per heavy atom. The number of aryl methyl sites for hydroxylation is 2. The second-order valence-electron chi connectivity index (χ2n) is 5.06. The molecule has 7 nitrogen and oxygen atoms in total. The van der Waals surface area contributed by atoms with Crippen molar-refractivity contribution in [1.29, 1.82) is 0 Å².